The monoisotopic (exact) mass is 250 g/mol. The van der Waals surface area contributed by atoms with Gasteiger partial charge in [0.2, 0.25) is 5.95 Å². The molecule has 1 N–H and O–H groups in total. The largest absolute Gasteiger partial charge is 0.341 e. The molecule has 0 aliphatic rings. The standard InChI is InChI=1S/C14H26N4/c1-6-15-8-13-9-16-14(17-10-13)18(5)12(4)7-11(2)3/h9-12,15H,6-8H2,1-5H3. The Morgan fingerprint density at radius 3 is 2.33 bits per heavy atom. The van der Waals surface area contributed by atoms with E-state index in [1.165, 1.54) is 0 Å². The molecule has 0 amide bonds. The van der Waals surface area contributed by atoms with E-state index in [2.05, 4.69) is 54.9 Å². The smallest absolute Gasteiger partial charge is 0.225 e. The van der Waals surface area contributed by atoms with Crippen LogP contribution in [0.15, 0.2) is 12.4 Å². The van der Waals surface area contributed by atoms with Crippen LogP contribution in [0.2, 0.25) is 0 Å². The van der Waals surface area contributed by atoms with Crippen LogP contribution in [-0.2, 0) is 6.54 Å². The van der Waals surface area contributed by atoms with Crippen molar-refractivity contribution in [1.29, 1.82) is 0 Å². The quantitative estimate of drug-likeness (QED) is 0.807. The topological polar surface area (TPSA) is 41.1 Å². The number of rotatable bonds is 7. The van der Waals surface area contributed by atoms with Crippen molar-refractivity contribution in [3.8, 4) is 0 Å². The first-order chi connectivity index (χ1) is 8.54. The third-order valence-electron chi connectivity index (χ3n) is 3.06. The molecule has 1 heterocycles. The molecule has 0 saturated carbocycles. The Morgan fingerprint density at radius 2 is 1.83 bits per heavy atom. The molecule has 4 nitrogen and oxygen atoms in total. The molecule has 0 fully saturated rings. The Hall–Kier alpha value is -1.16. The Balaban J connectivity index is 2.60. The van der Waals surface area contributed by atoms with Gasteiger partial charge in [-0.05, 0) is 25.8 Å². The van der Waals surface area contributed by atoms with Gasteiger partial charge in [0.05, 0.1) is 0 Å². The van der Waals surface area contributed by atoms with E-state index >= 15 is 0 Å². The number of aromatic nitrogens is 2. The third kappa shape index (κ3) is 4.61. The predicted molar refractivity (Wildman–Crippen MR) is 76.7 cm³/mol. The third-order valence-corrected chi connectivity index (χ3v) is 3.06. The van der Waals surface area contributed by atoms with Crippen molar-refractivity contribution in [3.05, 3.63) is 18.0 Å². The zero-order valence-electron chi connectivity index (χ0n) is 12.3. The summed E-state index contributed by atoms with van der Waals surface area (Å²) >= 11 is 0. The summed E-state index contributed by atoms with van der Waals surface area (Å²) in [5, 5.41) is 3.27. The van der Waals surface area contributed by atoms with Gasteiger partial charge in [0.15, 0.2) is 0 Å². The van der Waals surface area contributed by atoms with Crippen molar-refractivity contribution < 1.29 is 0 Å². The van der Waals surface area contributed by atoms with Crippen LogP contribution in [-0.4, -0.2) is 29.6 Å². The molecule has 4 heteroatoms. The van der Waals surface area contributed by atoms with Crippen molar-refractivity contribution in [2.45, 2.75) is 46.7 Å². The van der Waals surface area contributed by atoms with Crippen LogP contribution in [0, 0.1) is 5.92 Å². The second-order valence-corrected chi connectivity index (χ2v) is 5.26. The molecule has 0 bridgehead atoms. The van der Waals surface area contributed by atoms with E-state index in [1.54, 1.807) is 0 Å². The molecule has 102 valence electrons. The highest BCUT2D eigenvalue weighted by atomic mass is 15.2. The Bertz CT molecular complexity index is 334. The second-order valence-electron chi connectivity index (χ2n) is 5.26. The van der Waals surface area contributed by atoms with E-state index in [0.29, 0.717) is 12.0 Å². The maximum atomic E-state index is 4.43. The normalized spacial score (nSPS) is 12.8. The van der Waals surface area contributed by atoms with Crippen LogP contribution in [0.25, 0.3) is 0 Å². The van der Waals surface area contributed by atoms with Gasteiger partial charge in [0.25, 0.3) is 0 Å². The molecule has 0 radical (unpaired) electrons. The van der Waals surface area contributed by atoms with Crippen LogP contribution in [0.1, 0.15) is 39.7 Å². The fourth-order valence-corrected chi connectivity index (χ4v) is 1.93. The van der Waals surface area contributed by atoms with Crippen LogP contribution >= 0.6 is 0 Å². The van der Waals surface area contributed by atoms with Gasteiger partial charge in [0, 0.05) is 37.6 Å². The van der Waals surface area contributed by atoms with E-state index in [4.69, 9.17) is 0 Å². The van der Waals surface area contributed by atoms with Gasteiger partial charge >= 0.3 is 0 Å². The van der Waals surface area contributed by atoms with Crippen molar-refractivity contribution in [2.75, 3.05) is 18.5 Å². The molecular weight excluding hydrogens is 224 g/mol. The fourth-order valence-electron chi connectivity index (χ4n) is 1.93. The van der Waals surface area contributed by atoms with Crippen molar-refractivity contribution in [2.24, 2.45) is 5.92 Å². The Labute approximate surface area is 111 Å². The lowest BCUT2D eigenvalue weighted by Crippen LogP contribution is -2.31. The second kappa shape index (κ2) is 7.31. The van der Waals surface area contributed by atoms with Crippen LogP contribution < -0.4 is 10.2 Å². The molecule has 1 atom stereocenters. The van der Waals surface area contributed by atoms with Crippen LogP contribution in [0.3, 0.4) is 0 Å². The molecule has 0 aliphatic heterocycles. The summed E-state index contributed by atoms with van der Waals surface area (Å²) in [5.74, 6) is 1.50. The number of hydrogen-bond donors (Lipinski definition) is 1. The number of nitrogens with one attached hydrogen (secondary N) is 1. The van der Waals surface area contributed by atoms with Crippen LogP contribution in [0.4, 0.5) is 5.95 Å². The lowest BCUT2D eigenvalue weighted by Gasteiger charge is -2.26. The molecular formula is C14H26N4. The molecule has 0 aliphatic carbocycles. The summed E-state index contributed by atoms with van der Waals surface area (Å²) in [6.45, 7) is 10.6. The van der Waals surface area contributed by atoms with Gasteiger partial charge < -0.3 is 10.2 Å². The summed E-state index contributed by atoms with van der Waals surface area (Å²) in [7, 11) is 2.06. The summed E-state index contributed by atoms with van der Waals surface area (Å²) in [6, 6.07) is 0.463. The lowest BCUT2D eigenvalue weighted by molar-refractivity contribution is 0.499. The number of hydrogen-bond acceptors (Lipinski definition) is 4. The van der Waals surface area contributed by atoms with Crippen LogP contribution in [0.5, 0.6) is 0 Å². The lowest BCUT2D eigenvalue weighted by atomic mass is 10.0. The highest BCUT2D eigenvalue weighted by molar-refractivity contribution is 5.29. The molecule has 1 aromatic heterocycles. The number of anilines is 1. The van der Waals surface area contributed by atoms with E-state index < -0.39 is 0 Å². The first-order valence-corrected chi connectivity index (χ1v) is 6.79. The van der Waals surface area contributed by atoms with E-state index in [0.717, 1.165) is 31.0 Å². The minimum absolute atomic E-state index is 0.463. The predicted octanol–water partition coefficient (Wildman–Crippen LogP) is 2.46. The Morgan fingerprint density at radius 1 is 1.22 bits per heavy atom. The minimum Gasteiger partial charge on any atom is -0.341 e. The fraction of sp³-hybridized carbons (Fsp3) is 0.714. The van der Waals surface area contributed by atoms with Gasteiger partial charge in [-0.3, -0.25) is 0 Å². The molecule has 0 aromatic carbocycles. The average Bonchev–Trinajstić information content (AvgIpc) is 2.35. The molecule has 1 aromatic rings. The SMILES string of the molecule is CCNCc1cnc(N(C)C(C)CC(C)C)nc1. The van der Waals surface area contributed by atoms with E-state index in [-0.39, 0.29) is 0 Å². The summed E-state index contributed by atoms with van der Waals surface area (Å²) < 4.78 is 0. The Kier molecular flexibility index (Phi) is 6.05. The zero-order valence-corrected chi connectivity index (χ0v) is 12.3. The molecule has 1 unspecified atom stereocenters. The zero-order chi connectivity index (χ0) is 13.5. The minimum atomic E-state index is 0.463. The maximum absolute atomic E-state index is 4.43. The number of nitrogens with zero attached hydrogens (tertiary/aromatic N) is 3. The van der Waals surface area contributed by atoms with Gasteiger partial charge in [0.1, 0.15) is 0 Å². The summed E-state index contributed by atoms with van der Waals surface area (Å²) in [6.07, 6.45) is 4.96. The van der Waals surface area contributed by atoms with Crippen molar-refractivity contribution in [3.63, 3.8) is 0 Å². The van der Waals surface area contributed by atoms with E-state index in [9.17, 15) is 0 Å². The summed E-state index contributed by atoms with van der Waals surface area (Å²) in [4.78, 5) is 11.0. The summed E-state index contributed by atoms with van der Waals surface area (Å²) in [5.41, 5.74) is 1.13. The highest BCUT2D eigenvalue weighted by Crippen LogP contribution is 2.14. The van der Waals surface area contributed by atoms with Gasteiger partial charge in [-0.2, -0.15) is 0 Å². The first-order valence-electron chi connectivity index (χ1n) is 6.79. The molecule has 18 heavy (non-hydrogen) atoms. The molecule has 0 spiro atoms. The maximum Gasteiger partial charge on any atom is 0.225 e. The molecule has 0 saturated heterocycles. The van der Waals surface area contributed by atoms with Crippen molar-refractivity contribution in [1.82, 2.24) is 15.3 Å². The van der Waals surface area contributed by atoms with Gasteiger partial charge in [-0.25, -0.2) is 9.97 Å². The highest BCUT2D eigenvalue weighted by Gasteiger charge is 2.13. The first kappa shape index (κ1) is 14.9. The van der Waals surface area contributed by atoms with Crippen molar-refractivity contribution >= 4 is 5.95 Å². The van der Waals surface area contributed by atoms with Gasteiger partial charge in [-0.1, -0.05) is 20.8 Å². The van der Waals surface area contributed by atoms with E-state index in [1.807, 2.05) is 12.4 Å². The van der Waals surface area contributed by atoms with Gasteiger partial charge in [-0.15, -0.1) is 0 Å². The molecule has 1 rings (SSSR count). The average molecular weight is 250 g/mol.